The van der Waals surface area contributed by atoms with Crippen molar-refractivity contribution in [1.82, 2.24) is 15.6 Å². The summed E-state index contributed by atoms with van der Waals surface area (Å²) in [6, 6.07) is 0. The summed E-state index contributed by atoms with van der Waals surface area (Å²) >= 11 is 1.40. The third-order valence-corrected chi connectivity index (χ3v) is 2.85. The Balaban J connectivity index is 2.44. The molecule has 7 nitrogen and oxygen atoms in total. The standard InChI is InChI=1S/C10H13N3O4S/c1-5-9(13-6(2)18-5)10(17)12-3-7(14)11-4-8(15)16/h3-4H2,1-2H3,(H,11,14)(H,12,17)(H,15,16). The Bertz CT molecular complexity index is 483. The Morgan fingerprint density at radius 2 is 1.89 bits per heavy atom. The molecular formula is C10H13N3O4S. The van der Waals surface area contributed by atoms with Crippen molar-refractivity contribution >= 4 is 29.1 Å². The molecule has 0 radical (unpaired) electrons. The van der Waals surface area contributed by atoms with Crippen LogP contribution in [0.5, 0.6) is 0 Å². The summed E-state index contributed by atoms with van der Waals surface area (Å²) in [6.07, 6.45) is 0. The maximum Gasteiger partial charge on any atom is 0.322 e. The van der Waals surface area contributed by atoms with Gasteiger partial charge < -0.3 is 15.7 Å². The zero-order chi connectivity index (χ0) is 13.7. The van der Waals surface area contributed by atoms with E-state index in [-0.39, 0.29) is 6.54 Å². The number of thiazole rings is 1. The summed E-state index contributed by atoms with van der Waals surface area (Å²) in [7, 11) is 0. The zero-order valence-corrected chi connectivity index (χ0v) is 10.8. The van der Waals surface area contributed by atoms with E-state index in [0.29, 0.717) is 5.69 Å². The van der Waals surface area contributed by atoms with Gasteiger partial charge in [-0.1, -0.05) is 0 Å². The molecule has 0 atom stereocenters. The van der Waals surface area contributed by atoms with Gasteiger partial charge in [0.15, 0.2) is 0 Å². The van der Waals surface area contributed by atoms with E-state index >= 15 is 0 Å². The van der Waals surface area contributed by atoms with Gasteiger partial charge in [-0.3, -0.25) is 14.4 Å². The molecule has 0 saturated heterocycles. The Hall–Kier alpha value is -1.96. The molecule has 0 unspecified atom stereocenters. The van der Waals surface area contributed by atoms with Crippen LogP contribution in [0.25, 0.3) is 0 Å². The summed E-state index contributed by atoms with van der Waals surface area (Å²) in [5, 5.41) is 13.6. The lowest BCUT2D eigenvalue weighted by Crippen LogP contribution is -2.39. The van der Waals surface area contributed by atoms with E-state index < -0.39 is 24.3 Å². The highest BCUT2D eigenvalue weighted by Crippen LogP contribution is 2.15. The quantitative estimate of drug-likeness (QED) is 0.680. The molecule has 8 heteroatoms. The number of nitrogens with one attached hydrogen (secondary N) is 2. The number of amides is 2. The van der Waals surface area contributed by atoms with E-state index in [9.17, 15) is 14.4 Å². The number of carboxylic acid groups (broad SMARTS) is 1. The van der Waals surface area contributed by atoms with Gasteiger partial charge in [-0.15, -0.1) is 11.3 Å². The van der Waals surface area contributed by atoms with Crippen molar-refractivity contribution < 1.29 is 19.5 Å². The number of carboxylic acids is 1. The summed E-state index contributed by atoms with van der Waals surface area (Å²) in [4.78, 5) is 37.8. The lowest BCUT2D eigenvalue weighted by atomic mass is 10.3. The zero-order valence-electron chi connectivity index (χ0n) is 9.94. The average molecular weight is 271 g/mol. The first-order chi connectivity index (χ1) is 8.40. The molecule has 0 aliphatic rings. The van der Waals surface area contributed by atoms with Crippen LogP contribution in [0, 0.1) is 13.8 Å². The van der Waals surface area contributed by atoms with Gasteiger partial charge in [0.25, 0.3) is 5.91 Å². The fourth-order valence-corrected chi connectivity index (χ4v) is 2.04. The lowest BCUT2D eigenvalue weighted by molar-refractivity contribution is -0.137. The van der Waals surface area contributed by atoms with Gasteiger partial charge in [-0.05, 0) is 13.8 Å². The van der Waals surface area contributed by atoms with Crippen LogP contribution < -0.4 is 10.6 Å². The second kappa shape index (κ2) is 6.10. The molecule has 2 amide bonds. The molecule has 0 saturated carbocycles. The highest BCUT2D eigenvalue weighted by molar-refractivity contribution is 7.11. The summed E-state index contributed by atoms with van der Waals surface area (Å²) in [6.45, 7) is 2.81. The Labute approximate surface area is 107 Å². The topological polar surface area (TPSA) is 108 Å². The third kappa shape index (κ3) is 4.13. The van der Waals surface area contributed by atoms with Gasteiger partial charge in [0.2, 0.25) is 5.91 Å². The minimum atomic E-state index is -1.14. The minimum Gasteiger partial charge on any atom is -0.480 e. The van der Waals surface area contributed by atoms with E-state index in [1.54, 1.807) is 13.8 Å². The highest BCUT2D eigenvalue weighted by atomic mass is 32.1. The van der Waals surface area contributed by atoms with E-state index in [2.05, 4.69) is 15.6 Å². The van der Waals surface area contributed by atoms with Crippen LogP contribution in [0.4, 0.5) is 0 Å². The molecule has 0 aromatic carbocycles. The van der Waals surface area contributed by atoms with E-state index in [1.165, 1.54) is 11.3 Å². The minimum absolute atomic E-state index is 0.276. The van der Waals surface area contributed by atoms with E-state index in [1.807, 2.05) is 0 Å². The van der Waals surface area contributed by atoms with Crippen LogP contribution in [0.15, 0.2) is 0 Å². The summed E-state index contributed by atoms with van der Waals surface area (Å²) < 4.78 is 0. The van der Waals surface area contributed by atoms with Crippen LogP contribution >= 0.6 is 11.3 Å². The Morgan fingerprint density at radius 3 is 2.39 bits per heavy atom. The van der Waals surface area contributed by atoms with Gasteiger partial charge in [-0.2, -0.15) is 0 Å². The van der Waals surface area contributed by atoms with Crippen molar-refractivity contribution in [3.05, 3.63) is 15.6 Å². The molecule has 1 aromatic heterocycles. The molecule has 98 valence electrons. The maximum absolute atomic E-state index is 11.7. The summed E-state index contributed by atoms with van der Waals surface area (Å²) in [5.41, 5.74) is 0.295. The SMILES string of the molecule is Cc1nc(C(=O)NCC(=O)NCC(=O)O)c(C)s1. The molecular weight excluding hydrogens is 258 g/mol. The Kier molecular flexibility index (Phi) is 4.78. The molecule has 1 heterocycles. The monoisotopic (exact) mass is 271 g/mol. The van der Waals surface area contributed by atoms with Crippen molar-refractivity contribution in [3.8, 4) is 0 Å². The molecule has 0 spiro atoms. The first-order valence-corrected chi connectivity index (χ1v) is 5.92. The van der Waals surface area contributed by atoms with E-state index in [0.717, 1.165) is 9.88 Å². The van der Waals surface area contributed by atoms with Crippen molar-refractivity contribution in [3.63, 3.8) is 0 Å². The smallest absolute Gasteiger partial charge is 0.322 e. The first-order valence-electron chi connectivity index (χ1n) is 5.11. The maximum atomic E-state index is 11.7. The van der Waals surface area contributed by atoms with Crippen LogP contribution in [-0.2, 0) is 9.59 Å². The van der Waals surface area contributed by atoms with Gasteiger partial charge in [0.1, 0.15) is 12.2 Å². The van der Waals surface area contributed by atoms with Crippen molar-refractivity contribution in [1.29, 1.82) is 0 Å². The number of aromatic nitrogens is 1. The molecule has 0 aliphatic heterocycles. The van der Waals surface area contributed by atoms with Crippen molar-refractivity contribution in [2.75, 3.05) is 13.1 Å². The number of carbonyl (C=O) groups is 3. The second-order valence-corrected chi connectivity index (χ2v) is 4.90. The molecule has 1 rings (SSSR count). The number of carbonyl (C=O) groups excluding carboxylic acids is 2. The lowest BCUT2D eigenvalue weighted by Gasteiger charge is -2.04. The largest absolute Gasteiger partial charge is 0.480 e. The molecule has 3 N–H and O–H groups in total. The van der Waals surface area contributed by atoms with E-state index in [4.69, 9.17) is 5.11 Å². The normalized spacial score (nSPS) is 9.89. The molecule has 1 aromatic rings. The molecule has 0 bridgehead atoms. The molecule has 0 fully saturated rings. The van der Waals surface area contributed by atoms with Crippen molar-refractivity contribution in [2.24, 2.45) is 0 Å². The Morgan fingerprint density at radius 1 is 1.22 bits per heavy atom. The second-order valence-electron chi connectivity index (χ2n) is 3.49. The average Bonchev–Trinajstić information content (AvgIpc) is 2.62. The fraction of sp³-hybridized carbons (Fsp3) is 0.400. The number of hydrogen-bond donors (Lipinski definition) is 3. The van der Waals surface area contributed by atoms with Crippen LogP contribution in [0.1, 0.15) is 20.4 Å². The van der Waals surface area contributed by atoms with Crippen LogP contribution in [-0.4, -0.2) is 41.0 Å². The summed E-state index contributed by atoms with van der Waals surface area (Å²) in [5.74, 6) is -2.14. The van der Waals surface area contributed by atoms with Crippen LogP contribution in [0.3, 0.4) is 0 Å². The van der Waals surface area contributed by atoms with Gasteiger partial charge in [0.05, 0.1) is 11.6 Å². The predicted molar refractivity (Wildman–Crippen MR) is 64.6 cm³/mol. The number of rotatable bonds is 5. The first kappa shape index (κ1) is 14.1. The van der Waals surface area contributed by atoms with Gasteiger partial charge in [-0.25, -0.2) is 4.98 Å². The number of hydrogen-bond acceptors (Lipinski definition) is 5. The molecule has 18 heavy (non-hydrogen) atoms. The fourth-order valence-electron chi connectivity index (χ4n) is 1.22. The van der Waals surface area contributed by atoms with Crippen molar-refractivity contribution in [2.45, 2.75) is 13.8 Å². The number of aryl methyl sites for hydroxylation is 2. The molecule has 0 aliphatic carbocycles. The highest BCUT2D eigenvalue weighted by Gasteiger charge is 2.14. The number of aliphatic carboxylic acids is 1. The van der Waals surface area contributed by atoms with Crippen LogP contribution in [0.2, 0.25) is 0 Å². The number of nitrogens with zero attached hydrogens (tertiary/aromatic N) is 1. The van der Waals surface area contributed by atoms with Gasteiger partial charge in [0, 0.05) is 4.88 Å². The predicted octanol–water partition coefficient (Wildman–Crippen LogP) is -0.309. The van der Waals surface area contributed by atoms with Gasteiger partial charge >= 0.3 is 5.97 Å². The third-order valence-electron chi connectivity index (χ3n) is 1.96.